The van der Waals surface area contributed by atoms with E-state index in [0.29, 0.717) is 13.0 Å². The van der Waals surface area contributed by atoms with Crippen molar-refractivity contribution in [1.29, 1.82) is 0 Å². The molecule has 3 atom stereocenters. The van der Waals surface area contributed by atoms with Crippen molar-refractivity contribution in [2.24, 2.45) is 5.92 Å². The van der Waals surface area contributed by atoms with E-state index in [-0.39, 0.29) is 18.2 Å². The van der Waals surface area contributed by atoms with Gasteiger partial charge in [-0.2, -0.15) is 4.57 Å². The molecule has 1 aromatic carbocycles. The second-order valence-corrected chi connectivity index (χ2v) is 9.35. The van der Waals surface area contributed by atoms with Gasteiger partial charge in [0.25, 0.3) is 12.6 Å². The Morgan fingerprint density at radius 2 is 1.84 bits per heavy atom. The monoisotopic (exact) mass is 512 g/mol. The van der Waals surface area contributed by atoms with E-state index < -0.39 is 41.9 Å². The van der Waals surface area contributed by atoms with Gasteiger partial charge in [-0.1, -0.05) is 44.2 Å². The number of carbonyl (C=O) groups excluding carboxylic acids is 3. The number of benzene rings is 1. The molecule has 1 fully saturated rings. The van der Waals surface area contributed by atoms with Gasteiger partial charge in [-0.3, -0.25) is 9.59 Å². The lowest BCUT2D eigenvalue weighted by Gasteiger charge is -2.38. The zero-order valence-electron chi connectivity index (χ0n) is 21.3. The van der Waals surface area contributed by atoms with Crippen molar-refractivity contribution in [1.82, 2.24) is 10.2 Å². The van der Waals surface area contributed by atoms with Crippen LogP contribution in [0.2, 0.25) is 0 Å². The van der Waals surface area contributed by atoms with Crippen LogP contribution in [0.4, 0.5) is 4.79 Å². The summed E-state index contributed by atoms with van der Waals surface area (Å²) >= 11 is 0. The Kier molecular flexibility index (Phi) is 9.59. The third kappa shape index (κ3) is 7.05. The van der Waals surface area contributed by atoms with Crippen molar-refractivity contribution in [3.8, 4) is 0 Å². The average molecular weight is 513 g/mol. The number of nitrogens with zero attached hydrogens (tertiary/aromatic N) is 2. The SMILES string of the molecule is COC(=O)C(c1ccccc1)C1CCCCN1C(=O)OC[n+]1cccc(C(=O)N[C@H](C(=O)O)C(C)C)c1. The number of nitrogens with one attached hydrogen (secondary N) is 1. The number of hydrogen-bond donors (Lipinski definition) is 2. The van der Waals surface area contributed by atoms with Crippen LogP contribution in [0.1, 0.15) is 54.9 Å². The zero-order chi connectivity index (χ0) is 26.9. The fraction of sp³-hybridized carbons (Fsp3) is 0.444. The van der Waals surface area contributed by atoms with Gasteiger partial charge in [0.2, 0.25) is 0 Å². The summed E-state index contributed by atoms with van der Waals surface area (Å²) in [6.45, 7) is 3.70. The van der Waals surface area contributed by atoms with Crippen LogP contribution in [0, 0.1) is 5.92 Å². The minimum Gasteiger partial charge on any atom is -0.480 e. The van der Waals surface area contributed by atoms with E-state index in [1.54, 1.807) is 37.1 Å². The first-order valence-corrected chi connectivity index (χ1v) is 12.3. The summed E-state index contributed by atoms with van der Waals surface area (Å²) in [5, 5.41) is 11.8. The summed E-state index contributed by atoms with van der Waals surface area (Å²) in [4.78, 5) is 51.5. The molecule has 0 spiro atoms. The number of esters is 1. The Labute approximate surface area is 216 Å². The van der Waals surface area contributed by atoms with Gasteiger partial charge in [-0.15, -0.1) is 0 Å². The smallest absolute Gasteiger partial charge is 0.414 e. The van der Waals surface area contributed by atoms with E-state index in [1.807, 2.05) is 30.3 Å². The van der Waals surface area contributed by atoms with E-state index in [1.165, 1.54) is 17.9 Å². The lowest BCUT2D eigenvalue weighted by Crippen LogP contribution is -2.50. The van der Waals surface area contributed by atoms with Gasteiger partial charge in [0.05, 0.1) is 13.2 Å². The Morgan fingerprint density at radius 3 is 2.49 bits per heavy atom. The predicted molar refractivity (Wildman–Crippen MR) is 132 cm³/mol. The lowest BCUT2D eigenvalue weighted by molar-refractivity contribution is -0.727. The standard InChI is InChI=1S/C27H33N3O7/c1-18(2)23(25(32)33)28-24(31)20-12-9-14-29(16-20)17-37-27(35)30-15-8-7-13-21(30)22(26(34)36-3)19-10-5-4-6-11-19/h4-6,9-12,14,16,18,21-23H,7-8,13,15,17H2,1-3H3,(H-,28,31,32,33)/p+1/t21?,22?,23-/m0/s1. The predicted octanol–water partition coefficient (Wildman–Crippen LogP) is 2.72. The molecule has 3 rings (SSSR count). The van der Waals surface area contributed by atoms with Crippen LogP contribution < -0.4 is 9.88 Å². The highest BCUT2D eigenvalue weighted by molar-refractivity contribution is 5.96. The van der Waals surface area contributed by atoms with E-state index in [4.69, 9.17) is 9.47 Å². The number of aliphatic carboxylic acids is 1. The second kappa shape index (κ2) is 12.8. The van der Waals surface area contributed by atoms with Crippen LogP contribution in [-0.4, -0.2) is 59.7 Å². The third-order valence-electron chi connectivity index (χ3n) is 6.46. The number of carbonyl (C=O) groups is 4. The van der Waals surface area contributed by atoms with Gasteiger partial charge in [-0.25, -0.2) is 9.59 Å². The molecule has 1 aromatic heterocycles. The topological polar surface area (TPSA) is 126 Å². The number of rotatable bonds is 9. The number of carboxylic acids is 1. The van der Waals surface area contributed by atoms with Gasteiger partial charge in [0.1, 0.15) is 17.5 Å². The summed E-state index contributed by atoms with van der Waals surface area (Å²) in [7, 11) is 1.34. The number of pyridine rings is 1. The normalized spacial score (nSPS) is 17.0. The zero-order valence-corrected chi connectivity index (χ0v) is 21.3. The summed E-state index contributed by atoms with van der Waals surface area (Å²) in [5.41, 5.74) is 1.00. The van der Waals surface area contributed by atoms with Crippen LogP contribution in [0.15, 0.2) is 54.9 Å². The van der Waals surface area contributed by atoms with Crippen LogP contribution >= 0.6 is 0 Å². The Hall–Kier alpha value is -3.95. The van der Waals surface area contributed by atoms with Crippen molar-refractivity contribution in [3.63, 3.8) is 0 Å². The molecule has 2 amide bonds. The molecule has 1 aliphatic rings. The molecular weight excluding hydrogens is 478 g/mol. The molecule has 0 radical (unpaired) electrons. The van der Waals surface area contributed by atoms with Crippen LogP contribution in [0.3, 0.4) is 0 Å². The first kappa shape index (κ1) is 27.6. The number of piperidine rings is 1. The number of aromatic nitrogens is 1. The van der Waals surface area contributed by atoms with Crippen LogP contribution in [0.25, 0.3) is 0 Å². The van der Waals surface area contributed by atoms with E-state index >= 15 is 0 Å². The van der Waals surface area contributed by atoms with Crippen molar-refractivity contribution >= 4 is 23.9 Å². The number of amides is 2. The summed E-state index contributed by atoms with van der Waals surface area (Å²) in [6.07, 6.45) is 4.84. The molecule has 2 heterocycles. The van der Waals surface area contributed by atoms with E-state index in [2.05, 4.69) is 5.32 Å². The molecule has 0 bridgehead atoms. The van der Waals surface area contributed by atoms with E-state index in [9.17, 15) is 24.3 Å². The molecule has 2 N–H and O–H groups in total. The van der Waals surface area contributed by atoms with Gasteiger partial charge >= 0.3 is 18.0 Å². The summed E-state index contributed by atoms with van der Waals surface area (Å²) < 4.78 is 12.2. The van der Waals surface area contributed by atoms with Gasteiger partial charge < -0.3 is 24.8 Å². The molecule has 10 heteroatoms. The molecule has 1 saturated heterocycles. The maximum absolute atomic E-state index is 13.1. The highest BCUT2D eigenvalue weighted by Crippen LogP contribution is 2.32. The molecule has 1 aliphatic heterocycles. The second-order valence-electron chi connectivity index (χ2n) is 9.35. The van der Waals surface area contributed by atoms with Gasteiger partial charge in [0, 0.05) is 12.6 Å². The van der Waals surface area contributed by atoms with E-state index in [0.717, 1.165) is 18.4 Å². The molecule has 0 saturated carbocycles. The highest BCUT2D eigenvalue weighted by Gasteiger charge is 2.39. The molecule has 0 aliphatic carbocycles. The number of ether oxygens (including phenoxy) is 2. The Bertz CT molecular complexity index is 1110. The summed E-state index contributed by atoms with van der Waals surface area (Å²) in [6, 6.07) is 11.0. The quantitative estimate of drug-likeness (QED) is 0.391. The number of likely N-dealkylation sites (tertiary alicyclic amines) is 1. The fourth-order valence-corrected chi connectivity index (χ4v) is 4.52. The fourth-order valence-electron chi connectivity index (χ4n) is 4.52. The van der Waals surface area contributed by atoms with Crippen molar-refractivity contribution in [3.05, 3.63) is 66.0 Å². The van der Waals surface area contributed by atoms with Crippen LogP contribution in [-0.2, 0) is 25.8 Å². The Morgan fingerprint density at radius 1 is 1.11 bits per heavy atom. The molecule has 37 heavy (non-hydrogen) atoms. The van der Waals surface area contributed by atoms with Crippen molar-refractivity contribution < 1.29 is 38.3 Å². The summed E-state index contributed by atoms with van der Waals surface area (Å²) in [5.74, 6) is -2.99. The Balaban J connectivity index is 1.71. The average Bonchev–Trinajstić information content (AvgIpc) is 2.91. The van der Waals surface area contributed by atoms with Crippen LogP contribution in [0.5, 0.6) is 0 Å². The number of methoxy groups -OCH3 is 1. The maximum atomic E-state index is 13.1. The minimum atomic E-state index is -1.11. The van der Waals surface area contributed by atoms with Crippen molar-refractivity contribution in [2.75, 3.05) is 13.7 Å². The number of hydrogen-bond acceptors (Lipinski definition) is 6. The molecule has 2 unspecified atom stereocenters. The van der Waals surface area contributed by atoms with Crippen molar-refractivity contribution in [2.45, 2.75) is 57.8 Å². The number of carboxylic acid groups (broad SMARTS) is 1. The maximum Gasteiger partial charge on any atom is 0.414 e. The van der Waals surface area contributed by atoms with Gasteiger partial charge in [-0.05, 0) is 36.8 Å². The first-order chi connectivity index (χ1) is 17.7. The first-order valence-electron chi connectivity index (χ1n) is 12.3. The largest absolute Gasteiger partial charge is 0.480 e. The lowest BCUT2D eigenvalue weighted by atomic mass is 9.85. The molecule has 2 aromatic rings. The molecule has 198 valence electrons. The minimum absolute atomic E-state index is 0.163. The van der Waals surface area contributed by atoms with Gasteiger partial charge in [0.15, 0.2) is 12.4 Å². The third-order valence-corrected chi connectivity index (χ3v) is 6.46. The molecular formula is C27H34N3O7+. The highest BCUT2D eigenvalue weighted by atomic mass is 16.6. The molecule has 10 nitrogen and oxygen atoms in total.